The predicted octanol–water partition coefficient (Wildman–Crippen LogP) is 3.15. The van der Waals surface area contributed by atoms with Crippen LogP contribution in [0.25, 0.3) is 0 Å². The van der Waals surface area contributed by atoms with Crippen LogP contribution >= 0.6 is 0 Å². The summed E-state index contributed by atoms with van der Waals surface area (Å²) in [5.41, 5.74) is 0. The Labute approximate surface area is 182 Å². The van der Waals surface area contributed by atoms with E-state index in [1.165, 1.54) is 151 Å². The predicted molar refractivity (Wildman–Crippen MR) is 115 cm³/mol. The van der Waals surface area contributed by atoms with Crippen molar-refractivity contribution < 1.29 is 25.9 Å². The molecule has 3 aliphatic heterocycles. The van der Waals surface area contributed by atoms with Crippen LogP contribution in [0.4, 0.5) is 0 Å². The van der Waals surface area contributed by atoms with E-state index < -0.39 is 0 Å². The molecule has 0 saturated carbocycles. The summed E-state index contributed by atoms with van der Waals surface area (Å²) in [5.74, 6) is 0. The van der Waals surface area contributed by atoms with E-state index in [-0.39, 0.29) is 17.0 Å². The fraction of sp³-hybridized carbons (Fsp3) is 1.00. The maximum atomic E-state index is 2.31. The zero-order chi connectivity index (χ0) is 18.6. The molecule has 3 fully saturated rings. The van der Waals surface area contributed by atoms with Crippen LogP contribution < -0.4 is 17.0 Å². The zero-order valence-corrected chi connectivity index (χ0v) is 20.4. The van der Waals surface area contributed by atoms with E-state index in [4.69, 9.17) is 0 Å². The summed E-state index contributed by atoms with van der Waals surface area (Å²) in [6.07, 6.45) is 20.5. The third-order valence-electron chi connectivity index (χ3n) is 7.62. The Morgan fingerprint density at radius 2 is 0.667 bits per heavy atom. The molecule has 0 spiro atoms. The van der Waals surface area contributed by atoms with Crippen LogP contribution in [0.1, 0.15) is 104 Å². The first-order valence-corrected chi connectivity index (χ1v) is 12.4. The molecule has 0 aromatic rings. The van der Waals surface area contributed by atoms with Gasteiger partial charge in [0.25, 0.3) is 0 Å². The quantitative estimate of drug-likeness (QED) is 0.252. The maximum absolute atomic E-state index is 2.31. The van der Waals surface area contributed by atoms with Gasteiger partial charge in [0, 0.05) is 0 Å². The standard InChI is InChI=1S/C24H50N2.BrH/c1-3-5-7-9-11-13-15-17-25-19-22-26(23-20-25,24-21-25)18-16-14-12-10-8-6-4-2;/h3-24H2,1-2H3;1H/q+2;/p-1. The van der Waals surface area contributed by atoms with E-state index >= 15 is 0 Å². The lowest BCUT2D eigenvalue weighted by molar-refractivity contribution is -1.08. The molecule has 0 unspecified atom stereocenters. The highest BCUT2D eigenvalue weighted by molar-refractivity contribution is 4.63. The Morgan fingerprint density at radius 1 is 0.407 bits per heavy atom. The Bertz CT molecular complexity index is 300. The molecule has 0 atom stereocenters. The van der Waals surface area contributed by atoms with Gasteiger partial charge < -0.3 is 25.9 Å². The van der Waals surface area contributed by atoms with Gasteiger partial charge in [0.05, 0.1) is 13.1 Å². The molecule has 0 aliphatic carbocycles. The summed E-state index contributed by atoms with van der Waals surface area (Å²) in [4.78, 5) is 0. The molecule has 0 N–H and O–H groups in total. The SMILES string of the molecule is CCCCCCCCC[N+]12CC[N+](CCCCCCCCC)(CC1)CC2.[Br-]. The second-order valence-electron chi connectivity index (χ2n) is 9.71. The Kier molecular flexibility index (Phi) is 13.6. The number of rotatable bonds is 16. The summed E-state index contributed by atoms with van der Waals surface area (Å²) in [6.45, 7) is 16.6. The van der Waals surface area contributed by atoms with Crippen molar-refractivity contribution >= 4 is 0 Å². The average Bonchev–Trinajstić information content (AvgIpc) is 2.68. The molecule has 0 aromatic carbocycles. The number of fused-ring (bicyclic) bond motifs is 3. The summed E-state index contributed by atoms with van der Waals surface area (Å²) < 4.78 is 2.98. The minimum Gasteiger partial charge on any atom is -1.00 e. The number of piperazine rings is 3. The number of unbranched alkanes of at least 4 members (excludes halogenated alkanes) is 12. The first-order valence-electron chi connectivity index (χ1n) is 12.4. The lowest BCUT2D eigenvalue weighted by Crippen LogP contribution is -3.00. The van der Waals surface area contributed by atoms with Crippen LogP contribution in [-0.4, -0.2) is 61.3 Å². The molecule has 3 saturated heterocycles. The van der Waals surface area contributed by atoms with Gasteiger partial charge in [0.15, 0.2) is 0 Å². The van der Waals surface area contributed by atoms with Crippen molar-refractivity contribution in [2.24, 2.45) is 0 Å². The van der Waals surface area contributed by atoms with Crippen molar-refractivity contribution in [1.29, 1.82) is 0 Å². The first-order chi connectivity index (χ1) is 12.7. The second kappa shape index (κ2) is 14.4. The molecular weight excluding hydrogens is 396 g/mol. The third kappa shape index (κ3) is 9.17. The molecule has 0 amide bonds. The van der Waals surface area contributed by atoms with Crippen LogP contribution in [0.2, 0.25) is 0 Å². The van der Waals surface area contributed by atoms with Crippen molar-refractivity contribution in [1.82, 2.24) is 0 Å². The largest absolute Gasteiger partial charge is 1.00 e. The third-order valence-corrected chi connectivity index (χ3v) is 7.62. The Morgan fingerprint density at radius 3 is 0.963 bits per heavy atom. The highest BCUT2D eigenvalue weighted by Crippen LogP contribution is 2.28. The number of nitrogens with zero attached hydrogens (tertiary/aromatic N) is 2. The Balaban J connectivity index is 0.00000364. The van der Waals surface area contributed by atoms with E-state index in [1.807, 2.05) is 0 Å². The van der Waals surface area contributed by atoms with Gasteiger partial charge in [-0.15, -0.1) is 0 Å². The number of hydrogen-bond donors (Lipinski definition) is 0. The van der Waals surface area contributed by atoms with Crippen LogP contribution in [0, 0.1) is 0 Å². The monoisotopic (exact) mass is 445 g/mol. The van der Waals surface area contributed by atoms with Crippen molar-refractivity contribution in [2.75, 3.05) is 52.4 Å². The van der Waals surface area contributed by atoms with Crippen LogP contribution in [-0.2, 0) is 0 Å². The first kappa shape index (κ1) is 25.4. The van der Waals surface area contributed by atoms with Gasteiger partial charge in [-0.1, -0.05) is 78.1 Å². The van der Waals surface area contributed by atoms with Gasteiger partial charge in [-0.25, -0.2) is 0 Å². The fourth-order valence-electron chi connectivity index (χ4n) is 5.42. The highest BCUT2D eigenvalue weighted by atomic mass is 79.9. The topological polar surface area (TPSA) is 0 Å². The molecule has 27 heavy (non-hydrogen) atoms. The van der Waals surface area contributed by atoms with Crippen LogP contribution in [0.5, 0.6) is 0 Å². The molecule has 0 radical (unpaired) electrons. The van der Waals surface area contributed by atoms with Gasteiger partial charge >= 0.3 is 0 Å². The van der Waals surface area contributed by atoms with E-state index in [0.29, 0.717) is 0 Å². The van der Waals surface area contributed by atoms with Crippen LogP contribution in [0.15, 0.2) is 0 Å². The van der Waals surface area contributed by atoms with Crippen molar-refractivity contribution in [3.8, 4) is 0 Å². The minimum absolute atomic E-state index is 0. The maximum Gasteiger partial charge on any atom is 0.129 e. The lowest BCUT2D eigenvalue weighted by Gasteiger charge is -2.55. The summed E-state index contributed by atoms with van der Waals surface area (Å²) in [5, 5.41) is 0. The number of halogens is 1. The van der Waals surface area contributed by atoms with E-state index in [2.05, 4.69) is 13.8 Å². The zero-order valence-electron chi connectivity index (χ0n) is 18.8. The molecule has 2 nitrogen and oxygen atoms in total. The highest BCUT2D eigenvalue weighted by Gasteiger charge is 2.47. The molecule has 3 heterocycles. The second-order valence-corrected chi connectivity index (χ2v) is 9.71. The summed E-state index contributed by atoms with van der Waals surface area (Å²) >= 11 is 0. The number of quaternary nitrogens is 2. The molecule has 2 bridgehead atoms. The van der Waals surface area contributed by atoms with Gasteiger partial charge in [0.1, 0.15) is 39.3 Å². The normalized spacial score (nSPS) is 26.9. The lowest BCUT2D eigenvalue weighted by atomic mass is 10.0. The molecule has 3 heteroatoms. The molecule has 162 valence electrons. The van der Waals surface area contributed by atoms with E-state index in [9.17, 15) is 0 Å². The van der Waals surface area contributed by atoms with E-state index in [0.717, 1.165) is 0 Å². The number of hydrogen-bond acceptors (Lipinski definition) is 0. The summed E-state index contributed by atoms with van der Waals surface area (Å²) in [7, 11) is 0. The van der Waals surface area contributed by atoms with Gasteiger partial charge in [-0.2, -0.15) is 0 Å². The molecule has 3 aliphatic rings. The fourth-order valence-corrected chi connectivity index (χ4v) is 5.42. The smallest absolute Gasteiger partial charge is 0.129 e. The molecular formula is C24H50BrN2+. The summed E-state index contributed by atoms with van der Waals surface area (Å²) in [6, 6.07) is 0. The average molecular weight is 447 g/mol. The van der Waals surface area contributed by atoms with Gasteiger partial charge in [0.2, 0.25) is 0 Å². The van der Waals surface area contributed by atoms with Crippen molar-refractivity contribution in [3.05, 3.63) is 0 Å². The van der Waals surface area contributed by atoms with Gasteiger partial charge in [-0.3, -0.25) is 0 Å². The minimum atomic E-state index is 0. The van der Waals surface area contributed by atoms with Crippen LogP contribution in [0.3, 0.4) is 0 Å². The molecule has 3 rings (SSSR count). The molecule has 0 aromatic heterocycles. The van der Waals surface area contributed by atoms with Crippen molar-refractivity contribution in [3.63, 3.8) is 0 Å². The van der Waals surface area contributed by atoms with Crippen molar-refractivity contribution in [2.45, 2.75) is 104 Å². The van der Waals surface area contributed by atoms with E-state index in [1.54, 1.807) is 0 Å². The van der Waals surface area contributed by atoms with Gasteiger partial charge in [-0.05, 0) is 25.7 Å². The Hall–Kier alpha value is 0.400.